The van der Waals surface area contributed by atoms with Crippen molar-refractivity contribution >= 4 is 28.1 Å². The summed E-state index contributed by atoms with van der Waals surface area (Å²) in [6, 6.07) is 11.2. The molecule has 1 aromatic carbocycles. The van der Waals surface area contributed by atoms with Gasteiger partial charge < -0.3 is 15.2 Å². The summed E-state index contributed by atoms with van der Waals surface area (Å²) in [4.78, 5) is 18.7. The Morgan fingerprint density at radius 3 is 3.03 bits per heavy atom. The van der Waals surface area contributed by atoms with Crippen LogP contribution in [0, 0.1) is 0 Å². The van der Waals surface area contributed by atoms with E-state index < -0.39 is 0 Å². The molecule has 0 aliphatic carbocycles. The summed E-state index contributed by atoms with van der Waals surface area (Å²) in [6.45, 7) is 5.37. The molecule has 1 amide bonds. The van der Waals surface area contributed by atoms with Gasteiger partial charge in [0.15, 0.2) is 0 Å². The average Bonchev–Trinajstić information content (AvgIpc) is 3.41. The molecule has 29 heavy (non-hydrogen) atoms. The van der Waals surface area contributed by atoms with Crippen molar-refractivity contribution in [2.45, 2.75) is 51.0 Å². The van der Waals surface area contributed by atoms with Gasteiger partial charge in [0.2, 0.25) is 5.91 Å². The van der Waals surface area contributed by atoms with E-state index >= 15 is 0 Å². The first-order valence-electron chi connectivity index (χ1n) is 10.8. The van der Waals surface area contributed by atoms with Crippen LogP contribution in [-0.4, -0.2) is 41.5 Å². The van der Waals surface area contributed by atoms with Crippen LogP contribution in [0.5, 0.6) is 0 Å². The number of H-pyrrole nitrogens is 1. The van der Waals surface area contributed by atoms with E-state index in [1.165, 1.54) is 42.3 Å². The molecule has 1 saturated heterocycles. The Hall–Kier alpha value is -2.11. The molecule has 2 unspecified atom stereocenters. The molecule has 0 radical (unpaired) electrons. The molecule has 5 heteroatoms. The lowest BCUT2D eigenvalue weighted by atomic mass is 9.89. The Morgan fingerprint density at radius 2 is 2.21 bits per heavy atom. The Balaban J connectivity index is 1.36. The molecule has 0 bridgehead atoms. The Morgan fingerprint density at radius 1 is 1.31 bits per heavy atom. The van der Waals surface area contributed by atoms with Gasteiger partial charge in [-0.2, -0.15) is 11.3 Å². The quantitative estimate of drug-likeness (QED) is 0.507. The number of thiophene rings is 1. The highest BCUT2D eigenvalue weighted by molar-refractivity contribution is 7.08. The zero-order valence-corrected chi connectivity index (χ0v) is 18.0. The number of hydrogen-bond acceptors (Lipinski definition) is 3. The largest absolute Gasteiger partial charge is 0.361 e. The zero-order valence-electron chi connectivity index (χ0n) is 17.2. The van der Waals surface area contributed by atoms with Crippen LogP contribution >= 0.6 is 11.3 Å². The minimum Gasteiger partial charge on any atom is -0.361 e. The van der Waals surface area contributed by atoms with E-state index in [-0.39, 0.29) is 11.8 Å². The van der Waals surface area contributed by atoms with Crippen molar-refractivity contribution in [3.63, 3.8) is 0 Å². The molecule has 3 heterocycles. The number of nitrogens with one attached hydrogen (secondary N) is 2. The summed E-state index contributed by atoms with van der Waals surface area (Å²) in [6.07, 6.45) is 7.54. The number of aromatic nitrogens is 1. The Bertz CT molecular complexity index is 917. The molecular formula is C24H31N3OS. The summed E-state index contributed by atoms with van der Waals surface area (Å²) in [5.41, 5.74) is 3.55. The number of piperidine rings is 1. The lowest BCUT2D eigenvalue weighted by Gasteiger charge is -2.33. The minimum absolute atomic E-state index is 0.0829. The predicted octanol–water partition coefficient (Wildman–Crippen LogP) is 5.13. The van der Waals surface area contributed by atoms with E-state index in [1.807, 2.05) is 6.07 Å². The third-order valence-corrected chi connectivity index (χ3v) is 6.92. The van der Waals surface area contributed by atoms with Crippen LogP contribution in [0.1, 0.15) is 56.1 Å². The molecule has 0 saturated carbocycles. The van der Waals surface area contributed by atoms with Crippen LogP contribution in [0.25, 0.3) is 10.9 Å². The standard InChI is InChI=1S/C24H31N3OS/c1-18-7-4-5-12-27(18)13-6-11-25-24(28)15-21(19-10-14-29-17-19)22-16-26-23-9-3-2-8-20(22)23/h2-3,8-10,14,16-18,21,26H,4-7,11-13,15H2,1H3,(H,25,28). The van der Waals surface area contributed by atoms with Gasteiger partial charge in [0.1, 0.15) is 0 Å². The average molecular weight is 410 g/mol. The number of rotatable bonds is 8. The number of hydrogen-bond donors (Lipinski definition) is 2. The van der Waals surface area contributed by atoms with E-state index in [0.717, 1.165) is 25.0 Å². The summed E-state index contributed by atoms with van der Waals surface area (Å²) in [5.74, 6) is 0.220. The van der Waals surface area contributed by atoms with Crippen LogP contribution < -0.4 is 5.32 Å². The van der Waals surface area contributed by atoms with E-state index in [1.54, 1.807) is 11.3 Å². The third-order valence-electron chi connectivity index (χ3n) is 6.22. The normalized spacial score (nSPS) is 18.7. The second-order valence-corrected chi connectivity index (χ2v) is 8.97. The van der Waals surface area contributed by atoms with Crippen molar-refractivity contribution in [2.75, 3.05) is 19.6 Å². The van der Waals surface area contributed by atoms with E-state index in [2.05, 4.69) is 63.3 Å². The highest BCUT2D eigenvalue weighted by Gasteiger charge is 2.22. The van der Waals surface area contributed by atoms with E-state index in [9.17, 15) is 4.79 Å². The van der Waals surface area contributed by atoms with Crippen molar-refractivity contribution in [3.8, 4) is 0 Å². The maximum absolute atomic E-state index is 12.8. The summed E-state index contributed by atoms with van der Waals surface area (Å²) >= 11 is 1.69. The van der Waals surface area contributed by atoms with Crippen molar-refractivity contribution < 1.29 is 4.79 Å². The Kier molecular flexibility index (Phi) is 6.67. The topological polar surface area (TPSA) is 48.1 Å². The van der Waals surface area contributed by atoms with Crippen LogP contribution in [0.2, 0.25) is 0 Å². The maximum Gasteiger partial charge on any atom is 0.220 e. The number of likely N-dealkylation sites (tertiary alicyclic amines) is 1. The van der Waals surface area contributed by atoms with Crippen LogP contribution in [-0.2, 0) is 4.79 Å². The van der Waals surface area contributed by atoms with Gasteiger partial charge in [-0.25, -0.2) is 0 Å². The number of aromatic amines is 1. The number of carbonyl (C=O) groups is 1. The molecule has 2 atom stereocenters. The molecule has 4 rings (SSSR count). The van der Waals surface area contributed by atoms with Gasteiger partial charge in [-0.05, 0) is 66.8 Å². The van der Waals surface area contributed by atoms with Crippen molar-refractivity contribution in [1.82, 2.24) is 15.2 Å². The van der Waals surface area contributed by atoms with Crippen molar-refractivity contribution in [3.05, 3.63) is 58.4 Å². The SMILES string of the molecule is CC1CCCCN1CCCNC(=O)CC(c1ccsc1)c1c[nH]c2ccccc12. The van der Waals surface area contributed by atoms with Crippen molar-refractivity contribution in [1.29, 1.82) is 0 Å². The zero-order chi connectivity index (χ0) is 20.1. The van der Waals surface area contributed by atoms with Gasteiger partial charge in [-0.1, -0.05) is 24.6 Å². The maximum atomic E-state index is 12.8. The number of nitrogens with zero attached hydrogens (tertiary/aromatic N) is 1. The fourth-order valence-electron chi connectivity index (χ4n) is 4.52. The van der Waals surface area contributed by atoms with Gasteiger partial charge in [-0.15, -0.1) is 0 Å². The fourth-order valence-corrected chi connectivity index (χ4v) is 5.23. The van der Waals surface area contributed by atoms with Crippen LogP contribution in [0.4, 0.5) is 0 Å². The molecule has 154 valence electrons. The summed E-state index contributed by atoms with van der Waals surface area (Å²) in [7, 11) is 0. The number of carbonyl (C=O) groups excluding carboxylic acids is 1. The van der Waals surface area contributed by atoms with E-state index in [4.69, 9.17) is 0 Å². The molecule has 0 spiro atoms. The first-order valence-corrected chi connectivity index (χ1v) is 11.8. The second-order valence-electron chi connectivity index (χ2n) is 8.19. The number of amides is 1. The highest BCUT2D eigenvalue weighted by Crippen LogP contribution is 2.34. The van der Waals surface area contributed by atoms with E-state index in [0.29, 0.717) is 12.5 Å². The van der Waals surface area contributed by atoms with Crippen molar-refractivity contribution in [2.24, 2.45) is 0 Å². The van der Waals surface area contributed by atoms with Gasteiger partial charge in [0.05, 0.1) is 0 Å². The van der Waals surface area contributed by atoms with Gasteiger partial charge in [0, 0.05) is 48.6 Å². The molecule has 2 aromatic heterocycles. The second kappa shape index (κ2) is 9.59. The summed E-state index contributed by atoms with van der Waals surface area (Å²) < 4.78 is 0. The highest BCUT2D eigenvalue weighted by atomic mass is 32.1. The smallest absolute Gasteiger partial charge is 0.220 e. The molecular weight excluding hydrogens is 378 g/mol. The van der Waals surface area contributed by atoms with Crippen LogP contribution in [0.3, 0.4) is 0 Å². The molecule has 3 aromatic rings. The summed E-state index contributed by atoms with van der Waals surface area (Å²) in [5, 5.41) is 8.63. The number of fused-ring (bicyclic) bond motifs is 1. The van der Waals surface area contributed by atoms with Gasteiger partial charge >= 0.3 is 0 Å². The molecule has 1 aliphatic rings. The number of para-hydroxylation sites is 1. The first-order chi connectivity index (χ1) is 14.2. The Labute approximate surface area is 177 Å². The van der Waals surface area contributed by atoms with Gasteiger partial charge in [-0.3, -0.25) is 4.79 Å². The predicted molar refractivity (Wildman–Crippen MR) is 122 cm³/mol. The molecule has 1 aliphatic heterocycles. The monoisotopic (exact) mass is 409 g/mol. The fraction of sp³-hybridized carbons (Fsp3) is 0.458. The molecule has 1 fully saturated rings. The van der Waals surface area contributed by atoms with Crippen LogP contribution in [0.15, 0.2) is 47.3 Å². The third kappa shape index (κ3) is 4.90. The molecule has 4 nitrogen and oxygen atoms in total. The minimum atomic E-state index is 0.0829. The lowest BCUT2D eigenvalue weighted by Crippen LogP contribution is -2.39. The molecule has 2 N–H and O–H groups in total. The number of benzene rings is 1. The lowest BCUT2D eigenvalue weighted by molar-refractivity contribution is -0.121. The van der Waals surface area contributed by atoms with Gasteiger partial charge in [0.25, 0.3) is 0 Å². The first kappa shape index (κ1) is 20.2.